The molecule has 1 unspecified atom stereocenters. The van der Waals surface area contributed by atoms with Gasteiger partial charge in [-0.15, -0.1) is 0 Å². The third-order valence-corrected chi connectivity index (χ3v) is 0.331. The third-order valence-electron chi connectivity index (χ3n) is 0.110. The van der Waals surface area contributed by atoms with Crippen LogP contribution in [0.3, 0.4) is 0 Å². The van der Waals surface area contributed by atoms with Gasteiger partial charge >= 0.3 is 59.1 Å². The Kier molecular flexibility index (Phi) is 25.1. The molecule has 3 nitrogen and oxygen atoms in total. The van der Waals surface area contributed by atoms with Crippen molar-refractivity contribution in [2.75, 3.05) is 5.94 Å². The zero-order valence-electron chi connectivity index (χ0n) is 2.42. The summed E-state index contributed by atoms with van der Waals surface area (Å²) < 4.78 is 16.8. The zero-order valence-corrected chi connectivity index (χ0v) is 3.23. The monoisotopic (exact) mass is 144 g/mol. The second-order valence-electron chi connectivity index (χ2n) is 0.451. The number of hydrogen-bond acceptors (Lipinski definition) is 2. The van der Waals surface area contributed by atoms with E-state index in [0.717, 1.165) is 0 Å². The molecule has 0 aromatic carbocycles. The molecule has 0 heterocycles. The van der Waals surface area contributed by atoms with Crippen LogP contribution in [0.5, 0.6) is 0 Å². The van der Waals surface area contributed by atoms with Gasteiger partial charge < -0.3 is 9.66 Å². The van der Waals surface area contributed by atoms with Crippen LogP contribution in [0.2, 0.25) is 0 Å². The molecule has 0 bridgehead atoms. The summed E-state index contributed by atoms with van der Waals surface area (Å²) in [4.78, 5) is 0. The van der Waals surface area contributed by atoms with E-state index in [-0.39, 0.29) is 59.1 Å². The molecule has 0 aliphatic rings. The molecule has 2 N–H and O–H groups in total. The molecular formula is CH6Na2O3S. The van der Waals surface area contributed by atoms with Crippen molar-refractivity contribution in [1.82, 2.24) is 0 Å². The molecule has 0 saturated heterocycles. The maximum absolute atomic E-state index is 9.23. The van der Waals surface area contributed by atoms with E-state index in [9.17, 15) is 4.21 Å². The van der Waals surface area contributed by atoms with Crippen LogP contribution in [0.1, 0.15) is 0 Å². The van der Waals surface area contributed by atoms with Gasteiger partial charge in [-0.1, -0.05) is 0 Å². The molecule has 0 spiro atoms. The van der Waals surface area contributed by atoms with E-state index in [1.54, 1.807) is 0 Å². The average molecular weight is 144 g/mol. The van der Waals surface area contributed by atoms with E-state index < -0.39 is 17.0 Å². The van der Waals surface area contributed by atoms with Crippen LogP contribution in [0, 0.1) is 0 Å². The summed E-state index contributed by atoms with van der Waals surface area (Å²) in [7, 11) is 0. The molecule has 36 valence electrons. The van der Waals surface area contributed by atoms with Crippen LogP contribution in [-0.4, -0.2) is 78.9 Å². The van der Waals surface area contributed by atoms with Gasteiger partial charge in [0.15, 0.2) is 11.1 Å². The molecule has 0 aromatic heterocycles. The molecule has 0 aliphatic carbocycles. The topological polar surface area (TPSA) is 57.5 Å². The number of hydrogen-bond donors (Lipinski definition) is 2. The SMILES string of the molecule is O=S(O)CO.[NaH].[NaH]. The fourth-order valence-electron chi connectivity index (χ4n) is 0. The average Bonchev–Trinajstić information content (AvgIpc) is 1.38. The Bertz CT molecular complexity index is 48.2. The van der Waals surface area contributed by atoms with Gasteiger partial charge in [-0.2, -0.15) is 0 Å². The molecule has 0 aliphatic heterocycles. The van der Waals surface area contributed by atoms with Gasteiger partial charge in [0.2, 0.25) is 0 Å². The Balaban J connectivity index is -0.0000000800. The zero-order chi connectivity index (χ0) is 4.28. The van der Waals surface area contributed by atoms with Gasteiger partial charge in [0.25, 0.3) is 0 Å². The van der Waals surface area contributed by atoms with Crippen LogP contribution < -0.4 is 0 Å². The van der Waals surface area contributed by atoms with E-state index >= 15 is 0 Å². The normalized spacial score (nSPS) is 10.6. The van der Waals surface area contributed by atoms with E-state index in [1.807, 2.05) is 0 Å². The predicted octanol–water partition coefficient (Wildman–Crippen LogP) is -2.14. The first-order valence-corrected chi connectivity index (χ1v) is 2.23. The maximum atomic E-state index is 9.23. The molecule has 0 aromatic rings. The van der Waals surface area contributed by atoms with E-state index in [1.165, 1.54) is 0 Å². The first-order valence-electron chi connectivity index (χ1n) is 0.954. The van der Waals surface area contributed by atoms with Crippen molar-refractivity contribution in [2.45, 2.75) is 0 Å². The summed E-state index contributed by atoms with van der Waals surface area (Å²) in [5.41, 5.74) is 0. The second-order valence-corrected chi connectivity index (χ2v) is 1.35. The van der Waals surface area contributed by atoms with Gasteiger partial charge in [0.05, 0.1) is 0 Å². The Morgan fingerprint density at radius 2 is 1.57 bits per heavy atom. The summed E-state index contributed by atoms with van der Waals surface area (Å²) in [6.07, 6.45) is 0. The molecule has 6 heteroatoms. The third kappa shape index (κ3) is 17.9. The quantitative estimate of drug-likeness (QED) is 0.326. The Morgan fingerprint density at radius 3 is 1.57 bits per heavy atom. The van der Waals surface area contributed by atoms with Crippen molar-refractivity contribution in [1.29, 1.82) is 0 Å². The first-order chi connectivity index (χ1) is 2.27. The van der Waals surface area contributed by atoms with Crippen molar-refractivity contribution in [2.24, 2.45) is 0 Å². The molecular weight excluding hydrogens is 138 g/mol. The van der Waals surface area contributed by atoms with E-state index in [4.69, 9.17) is 9.66 Å². The van der Waals surface area contributed by atoms with Crippen LogP contribution in [0.15, 0.2) is 0 Å². The van der Waals surface area contributed by atoms with E-state index in [0.29, 0.717) is 0 Å². The number of rotatable bonds is 1. The molecule has 0 fully saturated rings. The first kappa shape index (κ1) is 16.0. The van der Waals surface area contributed by atoms with Gasteiger partial charge in [0, 0.05) is 0 Å². The van der Waals surface area contributed by atoms with Crippen LogP contribution in [0.25, 0.3) is 0 Å². The van der Waals surface area contributed by atoms with Crippen LogP contribution in [0.4, 0.5) is 0 Å². The minimum absolute atomic E-state index is 0. The van der Waals surface area contributed by atoms with Crippen molar-refractivity contribution in [3.8, 4) is 0 Å². The molecule has 0 amide bonds. The fraction of sp³-hybridized carbons (Fsp3) is 1.00. The Hall–Kier alpha value is 2.07. The summed E-state index contributed by atoms with van der Waals surface area (Å²) in [6.45, 7) is 0. The van der Waals surface area contributed by atoms with Crippen molar-refractivity contribution in [3.63, 3.8) is 0 Å². The second kappa shape index (κ2) is 10.9. The van der Waals surface area contributed by atoms with Crippen LogP contribution in [-0.2, 0) is 11.1 Å². The summed E-state index contributed by atoms with van der Waals surface area (Å²) >= 11 is -2.02. The van der Waals surface area contributed by atoms with E-state index in [2.05, 4.69) is 0 Å². The predicted molar refractivity (Wildman–Crippen MR) is 32.2 cm³/mol. The van der Waals surface area contributed by atoms with Gasteiger partial charge in [-0.05, 0) is 0 Å². The van der Waals surface area contributed by atoms with Crippen molar-refractivity contribution < 1.29 is 13.9 Å². The Labute approximate surface area is 88.7 Å². The number of aliphatic hydroxyl groups excluding tert-OH is 1. The molecule has 0 saturated carbocycles. The van der Waals surface area contributed by atoms with Gasteiger partial charge in [0.1, 0.15) is 5.94 Å². The van der Waals surface area contributed by atoms with Crippen molar-refractivity contribution >= 4 is 70.2 Å². The molecule has 0 radical (unpaired) electrons. The summed E-state index contributed by atoms with van der Waals surface area (Å²) in [5, 5.41) is 7.59. The summed E-state index contributed by atoms with van der Waals surface area (Å²) in [6, 6.07) is 0. The van der Waals surface area contributed by atoms with Gasteiger partial charge in [-0.3, -0.25) is 0 Å². The number of aliphatic hydroxyl groups is 1. The van der Waals surface area contributed by atoms with Crippen molar-refractivity contribution in [3.05, 3.63) is 0 Å². The molecule has 0 rings (SSSR count). The standard InChI is InChI=1S/CH4O3S.2Na.2H/c2-1-5(3)4;;;;/h2H,1H2,(H,3,4);;;;. The summed E-state index contributed by atoms with van der Waals surface area (Å²) in [5.74, 6) is -0.667. The molecule has 1 atom stereocenters. The Morgan fingerprint density at radius 1 is 1.43 bits per heavy atom. The molecule has 7 heavy (non-hydrogen) atoms. The van der Waals surface area contributed by atoms with Gasteiger partial charge in [-0.25, -0.2) is 4.21 Å². The fourth-order valence-corrected chi connectivity index (χ4v) is 0. The van der Waals surface area contributed by atoms with Crippen LogP contribution >= 0.6 is 0 Å². The minimum atomic E-state index is -2.02.